The maximum atomic E-state index is 12.0. The lowest BCUT2D eigenvalue weighted by Crippen LogP contribution is -2.28. The Hall–Kier alpha value is -1.84. The fourth-order valence-corrected chi connectivity index (χ4v) is 1.91. The van der Waals surface area contributed by atoms with Crippen LogP contribution < -0.4 is 10.6 Å². The highest BCUT2D eigenvalue weighted by atomic mass is 16.1. The van der Waals surface area contributed by atoms with Crippen LogP contribution in [-0.2, 0) is 4.79 Å². The van der Waals surface area contributed by atoms with Crippen LogP contribution in [0.15, 0.2) is 24.3 Å². The fraction of sp³-hybridized carbons (Fsp3) is 0.467. The molecule has 0 aromatic heterocycles. The van der Waals surface area contributed by atoms with Gasteiger partial charge in [0.1, 0.15) is 5.69 Å². The van der Waals surface area contributed by atoms with Crippen molar-refractivity contribution in [2.45, 2.75) is 26.2 Å². The summed E-state index contributed by atoms with van der Waals surface area (Å²) in [5.41, 5.74) is 1.78. The molecular weight excluding hydrogens is 238 g/mol. The van der Waals surface area contributed by atoms with Gasteiger partial charge in [0.2, 0.25) is 11.7 Å². The van der Waals surface area contributed by atoms with Gasteiger partial charge in [0, 0.05) is 12.8 Å². The van der Waals surface area contributed by atoms with Crippen molar-refractivity contribution >= 4 is 23.1 Å². The minimum Gasteiger partial charge on any atom is -0.322 e. The van der Waals surface area contributed by atoms with Crippen molar-refractivity contribution in [2.75, 3.05) is 24.7 Å². The van der Waals surface area contributed by atoms with E-state index in [-0.39, 0.29) is 11.8 Å². The van der Waals surface area contributed by atoms with Crippen LogP contribution >= 0.6 is 0 Å². The minimum atomic E-state index is 0.142. The van der Waals surface area contributed by atoms with Crippen LogP contribution in [0.5, 0.6) is 0 Å². The van der Waals surface area contributed by atoms with E-state index < -0.39 is 0 Å². The maximum Gasteiger partial charge on any atom is 0.246 e. The molecule has 4 nitrogen and oxygen atoms in total. The zero-order valence-corrected chi connectivity index (χ0v) is 11.9. The van der Waals surface area contributed by atoms with E-state index in [1.807, 2.05) is 49.9 Å². The van der Waals surface area contributed by atoms with Crippen molar-refractivity contribution < 1.29 is 9.37 Å². The van der Waals surface area contributed by atoms with Gasteiger partial charge in [-0.2, -0.15) is 0 Å². The maximum absolute atomic E-state index is 12.0. The number of rotatable bonds is 3. The Morgan fingerprint density at radius 1 is 1.16 bits per heavy atom. The van der Waals surface area contributed by atoms with Gasteiger partial charge in [0.05, 0.1) is 19.8 Å². The van der Waals surface area contributed by atoms with E-state index in [0.717, 1.165) is 30.1 Å². The molecule has 1 aromatic carbocycles. The number of amides is 1. The quantitative estimate of drug-likeness (QED) is 0.498. The fourth-order valence-electron chi connectivity index (χ4n) is 1.91. The molecule has 4 heteroatoms. The van der Waals surface area contributed by atoms with Gasteiger partial charge < -0.3 is 5.32 Å². The van der Waals surface area contributed by atoms with Crippen LogP contribution in [0, 0.1) is 5.92 Å². The summed E-state index contributed by atoms with van der Waals surface area (Å²) in [6.45, 7) is 2.00. The molecule has 0 atom stereocenters. The van der Waals surface area contributed by atoms with Crippen molar-refractivity contribution in [3.8, 4) is 0 Å². The number of hydrogen-bond acceptors (Lipinski definition) is 1. The number of para-hydroxylation sites is 2. The molecule has 0 aliphatic heterocycles. The van der Waals surface area contributed by atoms with Crippen LogP contribution in [-0.4, -0.2) is 30.4 Å². The molecule has 0 heterocycles. The number of anilines is 2. The van der Waals surface area contributed by atoms with Gasteiger partial charge in [-0.05, 0) is 25.0 Å². The third-order valence-corrected chi connectivity index (χ3v) is 3.65. The van der Waals surface area contributed by atoms with Crippen molar-refractivity contribution in [3.63, 3.8) is 0 Å². The highest BCUT2D eigenvalue weighted by molar-refractivity contribution is 6.00. The molecule has 102 valence electrons. The van der Waals surface area contributed by atoms with Crippen molar-refractivity contribution in [2.24, 2.45) is 5.92 Å². The van der Waals surface area contributed by atoms with Crippen LogP contribution in [0.1, 0.15) is 26.2 Å². The molecule has 1 aromatic rings. The highest BCUT2D eigenvalue weighted by Gasteiger charge is 2.25. The van der Waals surface area contributed by atoms with Crippen LogP contribution in [0.4, 0.5) is 11.4 Å². The second-order valence-corrected chi connectivity index (χ2v) is 5.27. The number of nitrogens with one attached hydrogen (secondary N) is 2. The van der Waals surface area contributed by atoms with E-state index in [1.54, 1.807) is 0 Å². The molecule has 1 fully saturated rings. The number of carbonyl (C=O) groups is 1. The third kappa shape index (κ3) is 3.34. The summed E-state index contributed by atoms with van der Waals surface area (Å²) in [6, 6.07) is 7.81. The van der Waals surface area contributed by atoms with Crippen molar-refractivity contribution in [1.82, 2.24) is 0 Å². The Morgan fingerprint density at radius 3 is 2.21 bits per heavy atom. The number of benzene rings is 1. The SMILES string of the molecule is CC(Nc1ccccc1NC(=O)C1CCC1)=[N+](C)C. The summed E-state index contributed by atoms with van der Waals surface area (Å²) in [5, 5.41) is 6.34. The number of hydrogen-bond donors (Lipinski definition) is 2. The van der Waals surface area contributed by atoms with Crippen molar-refractivity contribution in [1.29, 1.82) is 0 Å². The highest BCUT2D eigenvalue weighted by Crippen LogP contribution is 2.29. The molecule has 1 saturated carbocycles. The molecule has 0 bridgehead atoms. The first-order chi connectivity index (χ1) is 9.08. The lowest BCUT2D eigenvalue weighted by Gasteiger charge is -2.24. The van der Waals surface area contributed by atoms with E-state index >= 15 is 0 Å². The van der Waals surface area contributed by atoms with Gasteiger partial charge in [-0.3, -0.25) is 9.37 Å². The summed E-state index contributed by atoms with van der Waals surface area (Å²) in [6.07, 6.45) is 3.21. The molecule has 0 spiro atoms. The molecular formula is C15H22N3O+. The van der Waals surface area contributed by atoms with Crippen LogP contribution in [0.25, 0.3) is 0 Å². The largest absolute Gasteiger partial charge is 0.322 e. The Morgan fingerprint density at radius 2 is 1.74 bits per heavy atom. The molecule has 0 saturated heterocycles. The smallest absolute Gasteiger partial charge is 0.246 e. The van der Waals surface area contributed by atoms with Gasteiger partial charge in [-0.15, -0.1) is 0 Å². The monoisotopic (exact) mass is 260 g/mol. The molecule has 19 heavy (non-hydrogen) atoms. The van der Waals surface area contributed by atoms with E-state index in [0.29, 0.717) is 0 Å². The summed E-state index contributed by atoms with van der Waals surface area (Å²) in [5.74, 6) is 1.38. The van der Waals surface area contributed by atoms with Gasteiger partial charge in [-0.25, -0.2) is 5.32 Å². The lowest BCUT2D eigenvalue weighted by atomic mass is 9.85. The van der Waals surface area contributed by atoms with E-state index in [9.17, 15) is 4.79 Å². The topological polar surface area (TPSA) is 44.1 Å². The molecule has 1 aliphatic rings. The summed E-state index contributed by atoms with van der Waals surface area (Å²) in [4.78, 5) is 12.0. The molecule has 2 N–H and O–H groups in total. The van der Waals surface area contributed by atoms with Crippen LogP contribution in [0.2, 0.25) is 0 Å². The summed E-state index contributed by atoms with van der Waals surface area (Å²) < 4.78 is 2.00. The van der Waals surface area contributed by atoms with E-state index in [2.05, 4.69) is 10.6 Å². The summed E-state index contributed by atoms with van der Waals surface area (Å²) in [7, 11) is 3.97. The van der Waals surface area contributed by atoms with Gasteiger partial charge in [-0.1, -0.05) is 18.6 Å². The minimum absolute atomic E-state index is 0.142. The molecule has 2 rings (SSSR count). The van der Waals surface area contributed by atoms with Crippen molar-refractivity contribution in [3.05, 3.63) is 24.3 Å². The second kappa shape index (κ2) is 5.87. The van der Waals surface area contributed by atoms with Gasteiger partial charge >= 0.3 is 0 Å². The third-order valence-electron chi connectivity index (χ3n) is 3.65. The average Bonchev–Trinajstić information content (AvgIpc) is 2.29. The Kier molecular flexibility index (Phi) is 4.20. The second-order valence-electron chi connectivity index (χ2n) is 5.27. The number of amidine groups is 1. The summed E-state index contributed by atoms with van der Waals surface area (Å²) >= 11 is 0. The number of nitrogens with zero attached hydrogens (tertiary/aromatic N) is 1. The molecule has 1 amide bonds. The first-order valence-corrected chi connectivity index (χ1v) is 6.75. The molecule has 0 unspecified atom stereocenters. The van der Waals surface area contributed by atoms with E-state index in [1.165, 1.54) is 6.42 Å². The zero-order chi connectivity index (χ0) is 13.8. The Labute approximate surface area is 114 Å². The molecule has 1 aliphatic carbocycles. The first-order valence-electron chi connectivity index (χ1n) is 6.75. The Balaban J connectivity index is 2.11. The normalized spacial score (nSPS) is 14.5. The zero-order valence-electron chi connectivity index (χ0n) is 11.9. The van der Waals surface area contributed by atoms with Gasteiger partial charge in [0.15, 0.2) is 0 Å². The molecule has 0 radical (unpaired) electrons. The number of carbonyl (C=O) groups excluding carboxylic acids is 1. The average molecular weight is 260 g/mol. The van der Waals surface area contributed by atoms with Gasteiger partial charge in [0.25, 0.3) is 0 Å². The predicted molar refractivity (Wildman–Crippen MR) is 78.8 cm³/mol. The standard InChI is InChI=1S/C15H21N3O/c1-11(18(2)3)16-13-9-4-5-10-14(13)17-15(19)12-7-6-8-12/h4-5,9-10,12H,6-8H2,1-3H3,(H,17,19)/p+1. The predicted octanol–water partition coefficient (Wildman–Crippen LogP) is 2.53. The lowest BCUT2D eigenvalue weighted by molar-refractivity contribution is -0.464. The van der Waals surface area contributed by atoms with E-state index in [4.69, 9.17) is 0 Å². The Bertz CT molecular complexity index is 500. The van der Waals surface area contributed by atoms with Crippen LogP contribution in [0.3, 0.4) is 0 Å². The first kappa shape index (κ1) is 13.6.